The first-order chi connectivity index (χ1) is 28.7. The van der Waals surface area contributed by atoms with Crippen molar-refractivity contribution in [3.05, 3.63) is 225 Å². The first-order valence-corrected chi connectivity index (χ1v) is 19.9. The van der Waals surface area contributed by atoms with Gasteiger partial charge in [0.15, 0.2) is 0 Å². The third kappa shape index (κ3) is 5.93. The lowest BCUT2D eigenvalue weighted by Crippen LogP contribution is -1.93. The van der Waals surface area contributed by atoms with Gasteiger partial charge in [0.1, 0.15) is 0 Å². The number of hydrogen-bond acceptors (Lipinski definition) is 1. The molecule has 11 rings (SSSR count). The maximum Gasteiger partial charge on any atom is 0.0780 e. The van der Waals surface area contributed by atoms with Gasteiger partial charge in [0.2, 0.25) is 0 Å². The molecule has 270 valence electrons. The van der Waals surface area contributed by atoms with Crippen molar-refractivity contribution in [1.29, 1.82) is 0 Å². The summed E-state index contributed by atoms with van der Waals surface area (Å²) in [6.45, 7) is 0. The van der Waals surface area contributed by atoms with Crippen LogP contribution in [-0.4, -0.2) is 4.98 Å². The average molecular weight is 736 g/mol. The summed E-state index contributed by atoms with van der Waals surface area (Å²) in [4.78, 5) is 5.05. The molecule has 0 unspecified atom stereocenters. The Bertz CT molecular complexity index is 3310. The fourth-order valence-corrected chi connectivity index (χ4v) is 8.81. The zero-order valence-electron chi connectivity index (χ0n) is 31.8. The Hall–Kier alpha value is -7.61. The van der Waals surface area contributed by atoms with E-state index in [9.17, 15) is 0 Å². The summed E-state index contributed by atoms with van der Waals surface area (Å²) >= 11 is 0. The minimum Gasteiger partial charge on any atom is -0.255 e. The fourth-order valence-electron chi connectivity index (χ4n) is 8.81. The number of aromatic nitrogens is 1. The van der Waals surface area contributed by atoms with Gasteiger partial charge in [-0.2, -0.15) is 0 Å². The molecule has 11 aromatic rings. The second-order valence-electron chi connectivity index (χ2n) is 15.1. The largest absolute Gasteiger partial charge is 0.255 e. The molecule has 1 aromatic heterocycles. The van der Waals surface area contributed by atoms with E-state index in [0.717, 1.165) is 33.5 Å². The molecular weight excluding hydrogens is 699 g/mol. The van der Waals surface area contributed by atoms with E-state index in [0.29, 0.717) is 0 Å². The molecule has 0 fully saturated rings. The van der Waals surface area contributed by atoms with Gasteiger partial charge in [-0.3, -0.25) is 4.98 Å². The molecule has 0 aliphatic rings. The Labute approximate surface area is 338 Å². The third-order valence-corrected chi connectivity index (χ3v) is 11.7. The summed E-state index contributed by atoms with van der Waals surface area (Å²) in [6, 6.07) is 79.4. The van der Waals surface area contributed by atoms with Crippen LogP contribution in [0.1, 0.15) is 0 Å². The molecule has 1 heteroatoms. The highest BCUT2D eigenvalue weighted by Gasteiger charge is 2.19. The number of pyridine rings is 1. The van der Waals surface area contributed by atoms with Gasteiger partial charge < -0.3 is 0 Å². The van der Waals surface area contributed by atoms with Gasteiger partial charge in [-0.1, -0.05) is 194 Å². The highest BCUT2D eigenvalue weighted by molar-refractivity contribution is 6.22. The lowest BCUT2D eigenvalue weighted by molar-refractivity contribution is 1.32. The molecule has 58 heavy (non-hydrogen) atoms. The number of rotatable bonds is 6. The summed E-state index contributed by atoms with van der Waals surface area (Å²) in [5, 5.41) is 9.96. The Morgan fingerprint density at radius 2 is 0.690 bits per heavy atom. The Morgan fingerprint density at radius 3 is 1.31 bits per heavy atom. The molecule has 10 aromatic carbocycles. The summed E-state index contributed by atoms with van der Waals surface area (Å²) in [6.07, 6.45) is 1.99. The predicted molar refractivity (Wildman–Crippen MR) is 247 cm³/mol. The van der Waals surface area contributed by atoms with Gasteiger partial charge in [0.05, 0.1) is 5.69 Å². The highest BCUT2D eigenvalue weighted by atomic mass is 14.7. The van der Waals surface area contributed by atoms with Crippen LogP contribution in [0.3, 0.4) is 0 Å². The van der Waals surface area contributed by atoms with E-state index in [-0.39, 0.29) is 0 Å². The first kappa shape index (κ1) is 33.7. The van der Waals surface area contributed by atoms with Gasteiger partial charge in [-0.05, 0) is 112 Å². The van der Waals surface area contributed by atoms with Crippen LogP contribution in [0, 0.1) is 0 Å². The highest BCUT2D eigenvalue weighted by Crippen LogP contribution is 2.46. The van der Waals surface area contributed by atoms with Gasteiger partial charge in [-0.25, -0.2) is 0 Å². The van der Waals surface area contributed by atoms with E-state index in [1.54, 1.807) is 0 Å². The van der Waals surface area contributed by atoms with Crippen LogP contribution < -0.4 is 0 Å². The van der Waals surface area contributed by atoms with Gasteiger partial charge in [0.25, 0.3) is 0 Å². The molecule has 0 spiro atoms. The van der Waals surface area contributed by atoms with E-state index in [4.69, 9.17) is 4.98 Å². The van der Waals surface area contributed by atoms with Gasteiger partial charge in [-0.15, -0.1) is 0 Å². The maximum atomic E-state index is 5.05. The molecule has 0 atom stereocenters. The van der Waals surface area contributed by atoms with E-state index in [2.05, 4.69) is 218 Å². The second kappa shape index (κ2) is 14.2. The van der Waals surface area contributed by atoms with Crippen LogP contribution in [0.4, 0.5) is 0 Å². The van der Waals surface area contributed by atoms with Crippen molar-refractivity contribution < 1.29 is 0 Å². The smallest absolute Gasteiger partial charge is 0.0780 e. The minimum atomic E-state index is 0.979. The van der Waals surface area contributed by atoms with Crippen molar-refractivity contribution in [1.82, 2.24) is 4.98 Å². The topological polar surface area (TPSA) is 12.9 Å². The van der Waals surface area contributed by atoms with Crippen LogP contribution >= 0.6 is 0 Å². The molecule has 0 aliphatic heterocycles. The third-order valence-electron chi connectivity index (χ3n) is 11.7. The molecule has 1 nitrogen and oxygen atoms in total. The minimum absolute atomic E-state index is 0.979. The lowest BCUT2D eigenvalue weighted by atomic mass is 9.84. The van der Waals surface area contributed by atoms with Crippen molar-refractivity contribution in [2.75, 3.05) is 0 Å². The van der Waals surface area contributed by atoms with Crippen LogP contribution in [0.25, 0.3) is 110 Å². The van der Waals surface area contributed by atoms with Crippen LogP contribution in [-0.2, 0) is 0 Å². The zero-order chi connectivity index (χ0) is 38.4. The summed E-state index contributed by atoms with van der Waals surface area (Å²) < 4.78 is 0. The van der Waals surface area contributed by atoms with Gasteiger partial charge in [0, 0.05) is 22.9 Å². The van der Waals surface area contributed by atoms with Crippen LogP contribution in [0.15, 0.2) is 225 Å². The Morgan fingerprint density at radius 1 is 0.241 bits per heavy atom. The molecular formula is C57H37N. The van der Waals surface area contributed by atoms with Crippen LogP contribution in [0.5, 0.6) is 0 Å². The molecule has 0 radical (unpaired) electrons. The Balaban J connectivity index is 1.11. The van der Waals surface area contributed by atoms with E-state index < -0.39 is 0 Å². The lowest BCUT2D eigenvalue weighted by Gasteiger charge is -2.19. The Kier molecular flexibility index (Phi) is 8.23. The predicted octanol–water partition coefficient (Wildman–Crippen LogP) is 15.7. The number of nitrogens with zero attached hydrogens (tertiary/aromatic N) is 1. The molecule has 0 saturated heterocycles. The van der Waals surface area contributed by atoms with Crippen molar-refractivity contribution in [3.8, 4) is 66.9 Å². The normalized spacial score (nSPS) is 11.4. The molecule has 0 bridgehead atoms. The van der Waals surface area contributed by atoms with Crippen molar-refractivity contribution in [2.45, 2.75) is 0 Å². The number of hydrogen-bond donors (Lipinski definition) is 0. The SMILES string of the molecule is c1ccc(-c2cnc(-c3ccccc3)c(-c3ccc(-c4ccc5c(-c6ccc7ccccc7c6)c6ccccc6c(-c6ccc7ccccc7c6)c5c4)cc3)c2)cc1. The summed E-state index contributed by atoms with van der Waals surface area (Å²) in [7, 11) is 0. The summed E-state index contributed by atoms with van der Waals surface area (Å²) in [5.74, 6) is 0. The van der Waals surface area contributed by atoms with Crippen LogP contribution in [0.2, 0.25) is 0 Å². The first-order valence-electron chi connectivity index (χ1n) is 19.9. The monoisotopic (exact) mass is 735 g/mol. The standard InChI is InChI=1S/C57H37N/c1-3-13-38(14-4-1)49-36-53(57(58-37-49)43-17-5-2-6-18-43)42-27-23-41(24-28-42)46-31-32-52-54(35-46)56(48-30-26-40-16-8-10-20-45(40)34-48)51-22-12-11-21-50(51)55(52)47-29-25-39-15-7-9-19-44(39)33-47/h1-37H. The number of fused-ring (bicyclic) bond motifs is 4. The molecule has 0 saturated carbocycles. The maximum absolute atomic E-state index is 5.05. The van der Waals surface area contributed by atoms with E-state index in [1.807, 2.05) is 6.20 Å². The zero-order valence-corrected chi connectivity index (χ0v) is 31.8. The second-order valence-corrected chi connectivity index (χ2v) is 15.1. The van der Waals surface area contributed by atoms with Crippen molar-refractivity contribution >= 4 is 43.1 Å². The molecule has 0 N–H and O–H groups in total. The average Bonchev–Trinajstić information content (AvgIpc) is 3.30. The van der Waals surface area contributed by atoms with E-state index >= 15 is 0 Å². The molecule has 1 heterocycles. The quantitative estimate of drug-likeness (QED) is 0.155. The van der Waals surface area contributed by atoms with Gasteiger partial charge >= 0.3 is 0 Å². The molecule has 0 aliphatic carbocycles. The van der Waals surface area contributed by atoms with Crippen molar-refractivity contribution in [2.24, 2.45) is 0 Å². The van der Waals surface area contributed by atoms with E-state index in [1.165, 1.54) is 76.5 Å². The van der Waals surface area contributed by atoms with Crippen molar-refractivity contribution in [3.63, 3.8) is 0 Å². The number of benzene rings is 10. The summed E-state index contributed by atoms with van der Waals surface area (Å²) in [5.41, 5.74) is 13.9. The molecule has 0 amide bonds. The fraction of sp³-hybridized carbons (Fsp3) is 0.